The highest BCUT2D eigenvalue weighted by molar-refractivity contribution is 7.19. The van der Waals surface area contributed by atoms with Gasteiger partial charge in [0.25, 0.3) is 0 Å². The molecule has 12 nitrogen and oxygen atoms in total. The van der Waals surface area contributed by atoms with Crippen LogP contribution in [0.4, 0.5) is 9.93 Å². The highest BCUT2D eigenvalue weighted by atomic mass is 32.1. The van der Waals surface area contributed by atoms with E-state index < -0.39 is 35.2 Å². The number of anilines is 1. The van der Waals surface area contributed by atoms with Crippen LogP contribution in [-0.2, 0) is 26.3 Å². The molecule has 1 fully saturated rings. The fourth-order valence-electron chi connectivity index (χ4n) is 4.02. The second-order valence-corrected chi connectivity index (χ2v) is 10.2. The van der Waals surface area contributed by atoms with Crippen molar-refractivity contribution in [3.05, 3.63) is 51.9 Å². The first kappa shape index (κ1) is 26.1. The number of pyridine rings is 1. The molecule has 3 N–H and O–H groups in total. The number of carbonyl (C=O) groups excluding carboxylic acids is 3. The van der Waals surface area contributed by atoms with E-state index in [1.54, 1.807) is 39.1 Å². The van der Waals surface area contributed by atoms with Gasteiger partial charge in [-0.25, -0.2) is 14.6 Å². The number of hydrogen-bond acceptors (Lipinski definition) is 10. The number of nitrogens with one attached hydrogen (secondary N) is 1. The molecule has 0 saturated carbocycles. The summed E-state index contributed by atoms with van der Waals surface area (Å²) in [6.45, 7) is 6.90. The van der Waals surface area contributed by atoms with E-state index in [1.807, 2.05) is 6.92 Å². The second-order valence-electron chi connectivity index (χ2n) is 9.18. The third-order valence-corrected chi connectivity index (χ3v) is 7.32. The van der Waals surface area contributed by atoms with Crippen molar-refractivity contribution in [2.45, 2.75) is 58.6 Å². The van der Waals surface area contributed by atoms with Gasteiger partial charge >= 0.3 is 17.8 Å². The smallest absolute Gasteiger partial charge is 0.457 e. The van der Waals surface area contributed by atoms with E-state index in [0.29, 0.717) is 35.9 Å². The van der Waals surface area contributed by atoms with E-state index in [4.69, 9.17) is 19.3 Å². The van der Waals surface area contributed by atoms with Crippen LogP contribution >= 0.6 is 11.3 Å². The predicted octanol–water partition coefficient (Wildman–Crippen LogP) is 2.87. The number of urea groups is 1. The largest absolute Gasteiger partial charge is 0.519 e. The van der Waals surface area contributed by atoms with E-state index >= 15 is 0 Å². The molecule has 4 rings (SSSR count). The second kappa shape index (κ2) is 10.2. The van der Waals surface area contributed by atoms with Crippen LogP contribution in [0.5, 0.6) is 0 Å². The van der Waals surface area contributed by atoms with E-state index in [-0.39, 0.29) is 18.1 Å². The van der Waals surface area contributed by atoms with Gasteiger partial charge in [-0.3, -0.25) is 19.9 Å². The summed E-state index contributed by atoms with van der Waals surface area (Å²) in [7, 11) is 0. The highest BCUT2D eigenvalue weighted by Crippen LogP contribution is 2.35. The van der Waals surface area contributed by atoms with Crippen LogP contribution in [0.1, 0.15) is 49.6 Å². The molecule has 1 aliphatic rings. The summed E-state index contributed by atoms with van der Waals surface area (Å²) in [6, 6.07) is 2.49. The summed E-state index contributed by atoms with van der Waals surface area (Å²) >= 11 is 1.27. The highest BCUT2D eigenvalue weighted by Gasteiger charge is 2.35. The number of ether oxygens (including phenoxy) is 1. The van der Waals surface area contributed by atoms with Crippen LogP contribution in [0.15, 0.2) is 32.0 Å². The van der Waals surface area contributed by atoms with Gasteiger partial charge in [0.15, 0.2) is 23.3 Å². The Labute approximate surface area is 215 Å². The van der Waals surface area contributed by atoms with Gasteiger partial charge in [-0.15, -0.1) is 0 Å². The molecule has 4 heterocycles. The van der Waals surface area contributed by atoms with Crippen LogP contribution in [0.25, 0.3) is 10.4 Å². The number of amides is 3. The summed E-state index contributed by atoms with van der Waals surface area (Å²) < 4.78 is 15.0. The van der Waals surface area contributed by atoms with Crippen LogP contribution in [0, 0.1) is 13.8 Å². The molecule has 0 aromatic carbocycles. The molecule has 0 aliphatic carbocycles. The summed E-state index contributed by atoms with van der Waals surface area (Å²) in [6.07, 6.45) is 2.83. The number of carbonyl (C=O) groups is 3. The molecule has 0 bridgehead atoms. The molecule has 196 valence electrons. The first-order valence-corrected chi connectivity index (χ1v) is 12.4. The van der Waals surface area contributed by atoms with Crippen molar-refractivity contribution in [2.24, 2.45) is 5.73 Å². The average Bonchev–Trinajstić information content (AvgIpc) is 3.56. The number of thiazole rings is 1. The Balaban J connectivity index is 1.49. The summed E-state index contributed by atoms with van der Waals surface area (Å²) in [5.41, 5.74) is 6.19. The lowest BCUT2D eigenvalue weighted by Crippen LogP contribution is -2.45. The normalized spacial score (nSPS) is 15.6. The number of primary amides is 1. The maximum atomic E-state index is 12.9. The van der Waals surface area contributed by atoms with Crippen molar-refractivity contribution in [1.29, 1.82) is 0 Å². The number of esters is 1. The average molecular weight is 530 g/mol. The van der Waals surface area contributed by atoms with Gasteiger partial charge in [0, 0.05) is 12.7 Å². The van der Waals surface area contributed by atoms with E-state index in [2.05, 4.69) is 15.3 Å². The maximum absolute atomic E-state index is 12.9. The Morgan fingerprint density at radius 3 is 2.73 bits per heavy atom. The molecule has 0 unspecified atom stereocenters. The topological polar surface area (TPSA) is 171 Å². The standard InChI is InChI=1S/C24H27N5O7S/c1-12-18(37-21(27-12)28-22(32)29-9-5-6-15(29)19(25)30)14-7-8-26-17(10-14)24(3,4)20(31)34-11-16-13(2)35-23(33)36-16/h7-8,10,15H,5-6,9,11H2,1-4H3,(H2,25,30)(H,27,28,32)/t15-/m0/s1. The molecule has 13 heteroatoms. The number of aryl methyl sites for hydroxylation is 2. The quantitative estimate of drug-likeness (QED) is 0.437. The fraction of sp³-hybridized carbons (Fsp3) is 0.417. The molecule has 3 aromatic heterocycles. The van der Waals surface area contributed by atoms with Gasteiger partial charge in [-0.2, -0.15) is 0 Å². The lowest BCUT2D eigenvalue weighted by atomic mass is 9.88. The Kier molecular flexibility index (Phi) is 7.16. The zero-order valence-electron chi connectivity index (χ0n) is 20.8. The minimum Gasteiger partial charge on any atom is -0.457 e. The van der Waals surface area contributed by atoms with Crippen molar-refractivity contribution in [3.8, 4) is 10.4 Å². The van der Waals surface area contributed by atoms with E-state index in [9.17, 15) is 19.2 Å². The molecule has 0 spiro atoms. The van der Waals surface area contributed by atoms with E-state index in [0.717, 1.165) is 10.4 Å². The molecule has 1 aliphatic heterocycles. The van der Waals surface area contributed by atoms with Crippen LogP contribution in [0.3, 0.4) is 0 Å². The maximum Gasteiger partial charge on any atom is 0.519 e. The summed E-state index contributed by atoms with van der Waals surface area (Å²) in [4.78, 5) is 59.5. The van der Waals surface area contributed by atoms with Gasteiger partial charge < -0.3 is 24.2 Å². The zero-order chi connectivity index (χ0) is 26.9. The predicted molar refractivity (Wildman–Crippen MR) is 133 cm³/mol. The van der Waals surface area contributed by atoms with Crippen molar-refractivity contribution in [3.63, 3.8) is 0 Å². The Hall–Kier alpha value is -4.00. The Morgan fingerprint density at radius 2 is 2.05 bits per heavy atom. The van der Waals surface area contributed by atoms with Crippen molar-refractivity contribution in [2.75, 3.05) is 11.9 Å². The van der Waals surface area contributed by atoms with Crippen LogP contribution in [-0.4, -0.2) is 45.4 Å². The van der Waals surface area contributed by atoms with Gasteiger partial charge in [-0.05, 0) is 58.2 Å². The lowest BCUT2D eigenvalue weighted by molar-refractivity contribution is -0.151. The number of hydrogen-bond donors (Lipinski definition) is 2. The summed E-state index contributed by atoms with van der Waals surface area (Å²) in [5, 5.41) is 3.14. The van der Waals surface area contributed by atoms with Gasteiger partial charge in [0.2, 0.25) is 5.91 Å². The number of nitrogens with two attached hydrogens (primary N) is 1. The summed E-state index contributed by atoms with van der Waals surface area (Å²) in [5.74, 6) is -1.57. The molecule has 3 amide bonds. The first-order valence-electron chi connectivity index (χ1n) is 11.5. The number of aromatic nitrogens is 2. The molecular formula is C24H27N5O7S. The lowest BCUT2D eigenvalue weighted by Gasteiger charge is -2.22. The van der Waals surface area contributed by atoms with Crippen LogP contribution in [0.2, 0.25) is 0 Å². The van der Waals surface area contributed by atoms with Gasteiger partial charge in [0.1, 0.15) is 11.5 Å². The van der Waals surface area contributed by atoms with Crippen molar-refractivity contribution < 1.29 is 28.0 Å². The fourth-order valence-corrected chi connectivity index (χ4v) is 4.97. The Bertz CT molecular complexity index is 1410. The third kappa shape index (κ3) is 5.40. The molecule has 3 aromatic rings. The zero-order valence-corrected chi connectivity index (χ0v) is 21.6. The van der Waals surface area contributed by atoms with Crippen LogP contribution < -0.4 is 16.9 Å². The molecule has 1 atom stereocenters. The minimum atomic E-state index is -1.12. The third-order valence-electron chi connectivity index (χ3n) is 6.20. The minimum absolute atomic E-state index is 0.141. The molecule has 37 heavy (non-hydrogen) atoms. The first-order chi connectivity index (χ1) is 17.5. The van der Waals surface area contributed by atoms with Crippen molar-refractivity contribution >= 4 is 34.4 Å². The number of nitrogens with zero attached hydrogens (tertiary/aromatic N) is 3. The monoisotopic (exact) mass is 529 g/mol. The number of rotatable bonds is 7. The molecule has 1 saturated heterocycles. The van der Waals surface area contributed by atoms with Gasteiger partial charge in [0.05, 0.1) is 16.3 Å². The SMILES string of the molecule is Cc1nc(NC(=O)N2CCC[C@H]2C(N)=O)sc1-c1ccnc(C(C)(C)C(=O)OCc2oc(=O)oc2C)c1. The Morgan fingerprint density at radius 1 is 1.30 bits per heavy atom. The number of likely N-dealkylation sites (tertiary alicyclic amines) is 1. The van der Waals surface area contributed by atoms with Gasteiger partial charge in [-0.1, -0.05) is 11.3 Å². The molecule has 0 radical (unpaired) electrons. The molecular weight excluding hydrogens is 502 g/mol. The van der Waals surface area contributed by atoms with Crippen molar-refractivity contribution in [1.82, 2.24) is 14.9 Å². The van der Waals surface area contributed by atoms with E-state index in [1.165, 1.54) is 16.2 Å².